The van der Waals surface area contributed by atoms with Crippen LogP contribution in [0.15, 0.2) is 16.0 Å². The summed E-state index contributed by atoms with van der Waals surface area (Å²) in [5.41, 5.74) is 5.37. The van der Waals surface area contributed by atoms with Crippen LogP contribution in [0.1, 0.15) is 26.2 Å². The third-order valence-corrected chi connectivity index (χ3v) is 5.39. The van der Waals surface area contributed by atoms with E-state index in [9.17, 15) is 9.59 Å². The molecule has 6 nitrogen and oxygen atoms in total. The molecule has 7 heteroatoms. The Balaban J connectivity index is 1.51. The normalized spacial score (nSPS) is 30.9. The van der Waals surface area contributed by atoms with Crippen LogP contribution in [-0.2, 0) is 9.53 Å². The molecule has 1 aromatic rings. The van der Waals surface area contributed by atoms with E-state index in [0.29, 0.717) is 5.16 Å². The van der Waals surface area contributed by atoms with E-state index in [1.54, 1.807) is 0 Å². The number of fused-ring (bicyclic) bond motifs is 1. The van der Waals surface area contributed by atoms with E-state index in [-0.39, 0.29) is 34.6 Å². The Morgan fingerprint density at radius 1 is 1.70 bits per heavy atom. The third-order valence-electron chi connectivity index (χ3n) is 4.54. The summed E-state index contributed by atoms with van der Waals surface area (Å²) in [7, 11) is 0. The lowest BCUT2D eigenvalue weighted by Crippen LogP contribution is -2.59. The highest BCUT2D eigenvalue weighted by atomic mass is 32.2. The lowest BCUT2D eigenvalue weighted by Gasteiger charge is -2.61. The molecule has 0 unspecified atom stereocenters. The van der Waals surface area contributed by atoms with Crippen molar-refractivity contribution >= 4 is 23.5 Å². The molecule has 3 rings (SSSR count). The summed E-state index contributed by atoms with van der Waals surface area (Å²) in [6.45, 7) is 2.19. The Hall–Kier alpha value is -1.50. The van der Waals surface area contributed by atoms with Gasteiger partial charge in [0.05, 0.1) is 5.75 Å². The molecule has 1 heterocycles. The van der Waals surface area contributed by atoms with Crippen LogP contribution in [0, 0.1) is 11.3 Å². The van der Waals surface area contributed by atoms with E-state index in [0.717, 1.165) is 30.5 Å². The fourth-order valence-corrected chi connectivity index (χ4v) is 3.67. The zero-order valence-electron chi connectivity index (χ0n) is 11.2. The number of nitrogens with two attached hydrogens (primary N) is 1. The van der Waals surface area contributed by atoms with Gasteiger partial charge in [-0.15, -0.1) is 0 Å². The second-order valence-corrected chi connectivity index (χ2v) is 6.68. The molecule has 2 aliphatic carbocycles. The lowest BCUT2D eigenvalue weighted by molar-refractivity contribution is -0.205. The minimum absolute atomic E-state index is 0.0576. The first-order valence-corrected chi connectivity index (χ1v) is 7.65. The molecule has 2 saturated carbocycles. The molecule has 0 aromatic carbocycles. The number of H-pyrrole nitrogens is 1. The fourth-order valence-electron chi connectivity index (χ4n) is 3.01. The molecule has 1 aromatic heterocycles. The summed E-state index contributed by atoms with van der Waals surface area (Å²) in [5.74, 6) is 0.744. The molecule has 0 bridgehead atoms. The summed E-state index contributed by atoms with van der Waals surface area (Å²) in [5, 5.41) is 0.341. The van der Waals surface area contributed by atoms with E-state index < -0.39 is 0 Å². The Morgan fingerprint density at radius 3 is 3.05 bits per heavy atom. The van der Waals surface area contributed by atoms with E-state index in [4.69, 9.17) is 10.5 Å². The van der Waals surface area contributed by atoms with Gasteiger partial charge in [0.1, 0.15) is 11.9 Å². The van der Waals surface area contributed by atoms with Gasteiger partial charge in [0.15, 0.2) is 5.16 Å². The molecule has 3 atom stereocenters. The summed E-state index contributed by atoms with van der Waals surface area (Å²) in [6.07, 6.45) is 3.45. The van der Waals surface area contributed by atoms with Crippen molar-refractivity contribution in [2.75, 3.05) is 11.5 Å². The Kier molecular flexibility index (Phi) is 3.24. The van der Waals surface area contributed by atoms with Crippen LogP contribution in [0.5, 0.6) is 0 Å². The molecule has 0 spiro atoms. The number of aromatic amines is 1. The number of hydrogen-bond donors (Lipinski definition) is 2. The second-order valence-electron chi connectivity index (χ2n) is 5.72. The van der Waals surface area contributed by atoms with Gasteiger partial charge in [0.25, 0.3) is 5.56 Å². The SMILES string of the molecule is C[C@]12CC[C@H]1C[C@H]2OC(=O)CSc1nc(N)cc(=O)[nH]1. The smallest absolute Gasteiger partial charge is 0.316 e. The molecule has 2 fully saturated rings. The molecule has 108 valence electrons. The number of hydrogen-bond acceptors (Lipinski definition) is 6. The summed E-state index contributed by atoms with van der Waals surface area (Å²) in [4.78, 5) is 29.5. The van der Waals surface area contributed by atoms with Crippen molar-refractivity contribution in [3.05, 3.63) is 16.4 Å². The molecular weight excluding hydrogens is 278 g/mol. The van der Waals surface area contributed by atoms with Crippen LogP contribution >= 0.6 is 11.8 Å². The van der Waals surface area contributed by atoms with Crippen molar-refractivity contribution in [1.82, 2.24) is 9.97 Å². The standard InChI is InChI=1S/C13H17N3O3S/c1-13-3-2-7(13)4-8(13)19-11(18)6-20-12-15-9(14)5-10(17)16-12/h5,7-8H,2-4,6H2,1H3,(H3,14,15,16,17)/t7-,8+,13-/m0/s1. The van der Waals surface area contributed by atoms with Gasteiger partial charge in [0.2, 0.25) is 0 Å². The van der Waals surface area contributed by atoms with Crippen LogP contribution in [0.3, 0.4) is 0 Å². The molecule has 0 saturated heterocycles. The number of ether oxygens (including phenoxy) is 1. The predicted molar refractivity (Wildman–Crippen MR) is 75.3 cm³/mol. The van der Waals surface area contributed by atoms with E-state index >= 15 is 0 Å². The quantitative estimate of drug-likeness (QED) is 0.491. The number of esters is 1. The summed E-state index contributed by atoms with van der Waals surface area (Å²) < 4.78 is 5.49. The van der Waals surface area contributed by atoms with Crippen molar-refractivity contribution in [3.8, 4) is 0 Å². The highest BCUT2D eigenvalue weighted by molar-refractivity contribution is 7.99. The largest absolute Gasteiger partial charge is 0.461 e. The molecule has 2 aliphatic rings. The number of rotatable bonds is 4. The van der Waals surface area contributed by atoms with Crippen LogP contribution < -0.4 is 11.3 Å². The molecule has 20 heavy (non-hydrogen) atoms. The van der Waals surface area contributed by atoms with Gasteiger partial charge < -0.3 is 15.5 Å². The Labute approximate surface area is 120 Å². The van der Waals surface area contributed by atoms with Crippen LogP contribution in [0.25, 0.3) is 0 Å². The van der Waals surface area contributed by atoms with Gasteiger partial charge in [-0.3, -0.25) is 9.59 Å². The Morgan fingerprint density at radius 2 is 2.50 bits per heavy atom. The topological polar surface area (TPSA) is 98.1 Å². The maximum Gasteiger partial charge on any atom is 0.316 e. The zero-order valence-corrected chi connectivity index (χ0v) is 12.0. The van der Waals surface area contributed by atoms with Crippen LogP contribution in [0.4, 0.5) is 5.82 Å². The summed E-state index contributed by atoms with van der Waals surface area (Å²) in [6, 6.07) is 1.20. The van der Waals surface area contributed by atoms with Gasteiger partial charge in [0, 0.05) is 11.5 Å². The van der Waals surface area contributed by atoms with E-state index in [1.807, 2.05) is 0 Å². The van der Waals surface area contributed by atoms with Crippen molar-refractivity contribution in [3.63, 3.8) is 0 Å². The van der Waals surface area contributed by atoms with Gasteiger partial charge >= 0.3 is 5.97 Å². The van der Waals surface area contributed by atoms with Crippen molar-refractivity contribution in [2.45, 2.75) is 37.4 Å². The number of nitrogens with one attached hydrogen (secondary N) is 1. The average Bonchev–Trinajstić information content (AvgIpc) is 2.38. The van der Waals surface area contributed by atoms with Crippen molar-refractivity contribution < 1.29 is 9.53 Å². The fraction of sp³-hybridized carbons (Fsp3) is 0.615. The number of carbonyl (C=O) groups is 1. The number of thioether (sulfide) groups is 1. The second kappa shape index (κ2) is 4.80. The number of carbonyl (C=O) groups excluding carboxylic acids is 1. The average molecular weight is 295 g/mol. The monoisotopic (exact) mass is 295 g/mol. The molecule has 0 amide bonds. The maximum absolute atomic E-state index is 11.8. The van der Waals surface area contributed by atoms with E-state index in [2.05, 4.69) is 16.9 Å². The number of aromatic nitrogens is 2. The minimum Gasteiger partial charge on any atom is -0.461 e. The molecule has 0 radical (unpaired) electrons. The summed E-state index contributed by atoms with van der Waals surface area (Å²) >= 11 is 1.13. The van der Waals surface area contributed by atoms with Gasteiger partial charge in [-0.25, -0.2) is 4.98 Å². The Bertz CT molecular complexity index is 603. The highest BCUT2D eigenvalue weighted by Gasteiger charge is 2.59. The molecule has 0 aliphatic heterocycles. The minimum atomic E-state index is -0.322. The number of anilines is 1. The first kappa shape index (κ1) is 13.5. The van der Waals surface area contributed by atoms with E-state index in [1.165, 1.54) is 12.5 Å². The zero-order chi connectivity index (χ0) is 14.3. The first-order valence-electron chi connectivity index (χ1n) is 6.66. The first-order chi connectivity index (χ1) is 9.47. The number of nitrogen functional groups attached to an aromatic ring is 1. The number of nitrogens with zero attached hydrogens (tertiary/aromatic N) is 1. The van der Waals surface area contributed by atoms with Gasteiger partial charge in [-0.05, 0) is 25.2 Å². The maximum atomic E-state index is 11.8. The highest BCUT2D eigenvalue weighted by Crippen LogP contribution is 2.61. The van der Waals surface area contributed by atoms with Crippen molar-refractivity contribution in [1.29, 1.82) is 0 Å². The predicted octanol–water partition coefficient (Wildman–Crippen LogP) is 1.18. The molecular formula is C13H17N3O3S. The van der Waals surface area contributed by atoms with Crippen LogP contribution in [-0.4, -0.2) is 27.8 Å². The lowest BCUT2D eigenvalue weighted by atomic mass is 9.47. The third kappa shape index (κ3) is 2.30. The van der Waals surface area contributed by atoms with Gasteiger partial charge in [-0.2, -0.15) is 0 Å². The molecule has 3 N–H and O–H groups in total. The van der Waals surface area contributed by atoms with Crippen LogP contribution in [0.2, 0.25) is 0 Å². The van der Waals surface area contributed by atoms with Crippen molar-refractivity contribution in [2.24, 2.45) is 11.3 Å². The van der Waals surface area contributed by atoms with Gasteiger partial charge in [-0.1, -0.05) is 18.7 Å².